The average Bonchev–Trinajstić information content (AvgIpc) is 2.99. The molecule has 1 rings (SSSR count). The molecule has 0 aromatic heterocycles. The smallest absolute Gasteiger partial charge is 0.313 e. The minimum atomic E-state index is -0.883. The van der Waals surface area contributed by atoms with E-state index in [-0.39, 0.29) is 17.4 Å². The van der Waals surface area contributed by atoms with E-state index in [2.05, 4.69) is 17.3 Å². The van der Waals surface area contributed by atoms with Gasteiger partial charge >= 0.3 is 5.97 Å². The fourth-order valence-electron chi connectivity index (χ4n) is 1.35. The Kier molecular flexibility index (Phi) is 5.62. The minimum Gasteiger partial charge on any atom is -0.481 e. The summed E-state index contributed by atoms with van der Waals surface area (Å²) < 4.78 is 0. The van der Waals surface area contributed by atoms with E-state index in [9.17, 15) is 9.59 Å². The highest BCUT2D eigenvalue weighted by atomic mass is 32.2. The highest BCUT2D eigenvalue weighted by Crippen LogP contribution is 2.24. The summed E-state index contributed by atoms with van der Waals surface area (Å²) in [7, 11) is 2.06. The molecule has 2 N–H and O–H groups in total. The molecule has 1 aliphatic rings. The first kappa shape index (κ1) is 13.3. The van der Waals surface area contributed by atoms with Crippen molar-refractivity contribution in [1.82, 2.24) is 10.2 Å². The second-order valence-electron chi connectivity index (χ2n) is 3.95. The second-order valence-corrected chi connectivity index (χ2v) is 4.93. The Morgan fingerprint density at radius 3 is 2.69 bits per heavy atom. The molecular weight excluding hydrogens is 228 g/mol. The summed E-state index contributed by atoms with van der Waals surface area (Å²) in [5.41, 5.74) is 0. The number of nitrogens with zero attached hydrogens (tertiary/aromatic N) is 1. The van der Waals surface area contributed by atoms with E-state index in [1.807, 2.05) is 0 Å². The van der Waals surface area contributed by atoms with E-state index >= 15 is 0 Å². The number of carboxylic acid groups (broad SMARTS) is 1. The molecule has 0 spiro atoms. The monoisotopic (exact) mass is 246 g/mol. The van der Waals surface area contributed by atoms with Crippen LogP contribution in [0.25, 0.3) is 0 Å². The van der Waals surface area contributed by atoms with Gasteiger partial charge in [0.2, 0.25) is 5.91 Å². The number of rotatable bonds is 8. The van der Waals surface area contributed by atoms with Gasteiger partial charge in [-0.25, -0.2) is 0 Å². The summed E-state index contributed by atoms with van der Waals surface area (Å²) in [4.78, 5) is 23.7. The molecule has 0 aromatic carbocycles. The summed E-state index contributed by atoms with van der Waals surface area (Å²) in [5, 5.41) is 11.2. The molecule has 0 unspecified atom stereocenters. The first-order valence-corrected chi connectivity index (χ1v) is 6.51. The lowest BCUT2D eigenvalue weighted by Gasteiger charge is -2.15. The molecule has 1 saturated carbocycles. The van der Waals surface area contributed by atoms with Gasteiger partial charge in [-0.3, -0.25) is 9.59 Å². The molecule has 1 fully saturated rings. The minimum absolute atomic E-state index is 0.0185. The fraction of sp³-hybridized carbons (Fsp3) is 0.800. The molecule has 1 aliphatic carbocycles. The van der Waals surface area contributed by atoms with Gasteiger partial charge in [-0.1, -0.05) is 0 Å². The zero-order valence-electron chi connectivity index (χ0n) is 9.44. The molecule has 0 saturated heterocycles. The van der Waals surface area contributed by atoms with Gasteiger partial charge < -0.3 is 15.3 Å². The van der Waals surface area contributed by atoms with Crippen molar-refractivity contribution in [2.45, 2.75) is 18.9 Å². The van der Waals surface area contributed by atoms with Gasteiger partial charge in [0.15, 0.2) is 0 Å². The van der Waals surface area contributed by atoms with Gasteiger partial charge in [-0.05, 0) is 19.9 Å². The van der Waals surface area contributed by atoms with Crippen molar-refractivity contribution >= 4 is 23.6 Å². The van der Waals surface area contributed by atoms with Crippen LogP contribution in [-0.4, -0.2) is 59.6 Å². The standard InChI is InChI=1S/C10H18N2O3S/c1-12(8-2-3-8)5-4-11-9(13)6-16-7-10(14)15/h8H,2-7H2,1H3,(H,11,13)(H,14,15). The van der Waals surface area contributed by atoms with Crippen LogP contribution in [0.3, 0.4) is 0 Å². The summed E-state index contributed by atoms with van der Waals surface area (Å²) in [5.74, 6) is -0.767. The van der Waals surface area contributed by atoms with Crippen molar-refractivity contribution in [3.8, 4) is 0 Å². The molecule has 5 nitrogen and oxygen atoms in total. The van der Waals surface area contributed by atoms with Gasteiger partial charge in [0.25, 0.3) is 0 Å². The highest BCUT2D eigenvalue weighted by molar-refractivity contribution is 8.00. The SMILES string of the molecule is CN(CCNC(=O)CSCC(=O)O)C1CC1. The summed E-state index contributed by atoms with van der Waals surface area (Å²) in [6.07, 6.45) is 2.53. The Bertz CT molecular complexity index is 256. The number of likely N-dealkylation sites (N-methyl/N-ethyl adjacent to an activating group) is 1. The number of carbonyl (C=O) groups excluding carboxylic acids is 1. The average molecular weight is 246 g/mol. The Morgan fingerprint density at radius 1 is 1.44 bits per heavy atom. The van der Waals surface area contributed by atoms with Crippen molar-refractivity contribution in [1.29, 1.82) is 0 Å². The zero-order chi connectivity index (χ0) is 12.0. The third-order valence-electron chi connectivity index (χ3n) is 2.42. The molecule has 16 heavy (non-hydrogen) atoms. The number of hydrogen-bond donors (Lipinski definition) is 2. The van der Waals surface area contributed by atoms with Gasteiger partial charge in [-0.15, -0.1) is 11.8 Å². The van der Waals surface area contributed by atoms with E-state index in [1.165, 1.54) is 12.8 Å². The number of hydrogen-bond acceptors (Lipinski definition) is 4. The molecule has 0 heterocycles. The van der Waals surface area contributed by atoms with Crippen molar-refractivity contribution < 1.29 is 14.7 Å². The number of amides is 1. The van der Waals surface area contributed by atoms with Crippen LogP contribution in [0.2, 0.25) is 0 Å². The predicted octanol–water partition coefficient (Wildman–Crippen LogP) is 0.0146. The fourth-order valence-corrected chi connectivity index (χ4v) is 1.92. The number of aliphatic carboxylic acids is 1. The van der Waals surface area contributed by atoms with Crippen LogP contribution in [0.5, 0.6) is 0 Å². The van der Waals surface area contributed by atoms with Gasteiger partial charge in [0, 0.05) is 19.1 Å². The third kappa shape index (κ3) is 5.97. The molecule has 0 radical (unpaired) electrons. The third-order valence-corrected chi connectivity index (χ3v) is 3.33. The van der Waals surface area contributed by atoms with E-state index in [4.69, 9.17) is 5.11 Å². The van der Waals surface area contributed by atoms with Crippen molar-refractivity contribution in [2.24, 2.45) is 0 Å². The van der Waals surface area contributed by atoms with Gasteiger partial charge in [-0.2, -0.15) is 0 Å². The normalized spacial score (nSPS) is 15.1. The van der Waals surface area contributed by atoms with E-state index in [0.29, 0.717) is 12.6 Å². The number of carboxylic acids is 1. The first-order valence-electron chi connectivity index (χ1n) is 5.36. The maximum Gasteiger partial charge on any atom is 0.313 e. The van der Waals surface area contributed by atoms with Crippen LogP contribution in [0.1, 0.15) is 12.8 Å². The maximum atomic E-state index is 11.2. The van der Waals surface area contributed by atoms with Gasteiger partial charge in [0.1, 0.15) is 0 Å². The number of carbonyl (C=O) groups is 2. The largest absolute Gasteiger partial charge is 0.481 e. The van der Waals surface area contributed by atoms with Crippen LogP contribution in [0, 0.1) is 0 Å². The number of thioether (sulfide) groups is 1. The molecule has 1 amide bonds. The molecule has 0 aromatic rings. The second kappa shape index (κ2) is 6.75. The highest BCUT2D eigenvalue weighted by Gasteiger charge is 2.25. The van der Waals surface area contributed by atoms with Crippen LogP contribution < -0.4 is 5.32 Å². The van der Waals surface area contributed by atoms with Crippen LogP contribution >= 0.6 is 11.8 Å². The maximum absolute atomic E-state index is 11.2. The van der Waals surface area contributed by atoms with E-state index in [1.54, 1.807) is 0 Å². The molecular formula is C10H18N2O3S. The lowest BCUT2D eigenvalue weighted by atomic mass is 10.5. The molecule has 6 heteroatoms. The van der Waals surface area contributed by atoms with E-state index < -0.39 is 5.97 Å². The Morgan fingerprint density at radius 2 is 2.12 bits per heavy atom. The van der Waals surface area contributed by atoms with Crippen LogP contribution in [0.4, 0.5) is 0 Å². The first-order chi connectivity index (χ1) is 7.59. The van der Waals surface area contributed by atoms with Crippen molar-refractivity contribution in [3.05, 3.63) is 0 Å². The molecule has 0 aliphatic heterocycles. The summed E-state index contributed by atoms with van der Waals surface area (Å²) in [6.45, 7) is 1.50. The quantitative estimate of drug-likeness (QED) is 0.631. The lowest BCUT2D eigenvalue weighted by molar-refractivity contribution is -0.133. The summed E-state index contributed by atoms with van der Waals surface area (Å²) >= 11 is 1.12. The van der Waals surface area contributed by atoms with Crippen LogP contribution in [0.15, 0.2) is 0 Å². The Hall–Kier alpha value is -0.750. The number of nitrogens with one attached hydrogen (secondary N) is 1. The topological polar surface area (TPSA) is 69.6 Å². The van der Waals surface area contributed by atoms with Crippen molar-refractivity contribution in [2.75, 3.05) is 31.6 Å². The van der Waals surface area contributed by atoms with Crippen LogP contribution in [-0.2, 0) is 9.59 Å². The Balaban J connectivity index is 1.94. The zero-order valence-corrected chi connectivity index (χ0v) is 10.3. The Labute approximate surface area is 99.6 Å². The van der Waals surface area contributed by atoms with Gasteiger partial charge in [0.05, 0.1) is 11.5 Å². The molecule has 92 valence electrons. The van der Waals surface area contributed by atoms with Crippen molar-refractivity contribution in [3.63, 3.8) is 0 Å². The lowest BCUT2D eigenvalue weighted by Crippen LogP contribution is -2.34. The summed E-state index contributed by atoms with van der Waals surface area (Å²) in [6, 6.07) is 0.707. The predicted molar refractivity (Wildman–Crippen MR) is 63.6 cm³/mol. The van der Waals surface area contributed by atoms with E-state index in [0.717, 1.165) is 18.3 Å². The molecule has 0 atom stereocenters. The molecule has 0 bridgehead atoms.